The Balaban J connectivity index is 1.67. The third-order valence-corrected chi connectivity index (χ3v) is 7.13. The predicted molar refractivity (Wildman–Crippen MR) is 120 cm³/mol. The van der Waals surface area contributed by atoms with Gasteiger partial charge in [0.2, 0.25) is 0 Å². The average Bonchev–Trinajstić information content (AvgIpc) is 3.09. The van der Waals surface area contributed by atoms with Crippen molar-refractivity contribution in [2.45, 2.75) is 25.7 Å². The van der Waals surface area contributed by atoms with Crippen molar-refractivity contribution in [3.8, 4) is 0 Å². The maximum atomic E-state index is 11.7. The lowest BCUT2D eigenvalue weighted by Crippen LogP contribution is -2.40. The Hall–Kier alpha value is -2.34. The summed E-state index contributed by atoms with van der Waals surface area (Å²) >= 11 is 0. The molecule has 0 aromatic heterocycles. The van der Waals surface area contributed by atoms with Crippen LogP contribution in [0.25, 0.3) is 0 Å². The van der Waals surface area contributed by atoms with Crippen molar-refractivity contribution < 1.29 is 8.42 Å². The fourth-order valence-corrected chi connectivity index (χ4v) is 5.59. The van der Waals surface area contributed by atoms with Gasteiger partial charge < -0.3 is 10.6 Å². The van der Waals surface area contributed by atoms with Crippen molar-refractivity contribution in [2.75, 3.05) is 31.1 Å². The molecule has 0 bridgehead atoms. The van der Waals surface area contributed by atoms with E-state index in [9.17, 15) is 8.42 Å². The van der Waals surface area contributed by atoms with Crippen LogP contribution in [0.2, 0.25) is 0 Å². The first kappa shape index (κ1) is 21.4. The van der Waals surface area contributed by atoms with Crippen LogP contribution in [0.15, 0.2) is 65.7 Å². The van der Waals surface area contributed by atoms with Crippen molar-refractivity contribution >= 4 is 15.8 Å². The SMILES string of the molecule is CCNC(=NCC(Cc1ccccc1)c1ccccc1)NCC1CCS(=O)(=O)C1. The van der Waals surface area contributed by atoms with Crippen molar-refractivity contribution in [1.29, 1.82) is 0 Å². The first-order chi connectivity index (χ1) is 14.1. The van der Waals surface area contributed by atoms with Crippen LogP contribution in [0.3, 0.4) is 0 Å². The second kappa shape index (κ2) is 10.4. The smallest absolute Gasteiger partial charge is 0.191 e. The third-order valence-electron chi connectivity index (χ3n) is 5.29. The number of hydrogen-bond acceptors (Lipinski definition) is 3. The molecule has 2 aromatic rings. The number of benzene rings is 2. The summed E-state index contributed by atoms with van der Waals surface area (Å²) in [4.78, 5) is 4.83. The molecule has 2 aromatic carbocycles. The number of nitrogens with zero attached hydrogens (tertiary/aromatic N) is 1. The molecule has 2 unspecified atom stereocenters. The molecule has 0 spiro atoms. The molecule has 29 heavy (non-hydrogen) atoms. The molecular formula is C23H31N3O2S. The van der Waals surface area contributed by atoms with E-state index in [2.05, 4.69) is 59.2 Å². The van der Waals surface area contributed by atoms with Gasteiger partial charge in [-0.05, 0) is 36.8 Å². The summed E-state index contributed by atoms with van der Waals surface area (Å²) in [7, 11) is -2.85. The van der Waals surface area contributed by atoms with Gasteiger partial charge in [-0.15, -0.1) is 0 Å². The van der Waals surface area contributed by atoms with Crippen LogP contribution >= 0.6 is 0 Å². The quantitative estimate of drug-likeness (QED) is 0.516. The molecule has 156 valence electrons. The van der Waals surface area contributed by atoms with E-state index in [-0.39, 0.29) is 17.6 Å². The summed E-state index contributed by atoms with van der Waals surface area (Å²) in [6, 6.07) is 21.0. The van der Waals surface area contributed by atoms with Crippen molar-refractivity contribution in [3.05, 3.63) is 71.8 Å². The Labute approximate surface area is 174 Å². The molecule has 0 saturated carbocycles. The van der Waals surface area contributed by atoms with Crippen molar-refractivity contribution in [3.63, 3.8) is 0 Å². The molecule has 0 radical (unpaired) electrons. The lowest BCUT2D eigenvalue weighted by atomic mass is 9.92. The zero-order valence-corrected chi connectivity index (χ0v) is 17.9. The van der Waals surface area contributed by atoms with Crippen LogP contribution in [0.5, 0.6) is 0 Å². The third kappa shape index (κ3) is 6.89. The Kier molecular flexibility index (Phi) is 7.69. The highest BCUT2D eigenvalue weighted by Gasteiger charge is 2.27. The van der Waals surface area contributed by atoms with Crippen LogP contribution in [-0.2, 0) is 16.3 Å². The van der Waals surface area contributed by atoms with Crippen molar-refractivity contribution in [2.24, 2.45) is 10.9 Å². The summed E-state index contributed by atoms with van der Waals surface area (Å²) in [5.74, 6) is 1.78. The highest BCUT2D eigenvalue weighted by Crippen LogP contribution is 2.21. The van der Waals surface area contributed by atoms with Gasteiger partial charge in [-0.1, -0.05) is 60.7 Å². The predicted octanol–water partition coefficient (Wildman–Crippen LogP) is 3.00. The summed E-state index contributed by atoms with van der Waals surface area (Å²) in [6.07, 6.45) is 1.66. The maximum absolute atomic E-state index is 11.7. The Morgan fingerprint density at radius 2 is 1.76 bits per heavy atom. The monoisotopic (exact) mass is 413 g/mol. The van der Waals surface area contributed by atoms with E-state index in [1.165, 1.54) is 11.1 Å². The molecule has 1 aliphatic rings. The van der Waals surface area contributed by atoms with E-state index in [1.54, 1.807) is 0 Å². The molecule has 3 rings (SSSR count). The van der Waals surface area contributed by atoms with E-state index >= 15 is 0 Å². The van der Waals surface area contributed by atoms with E-state index in [0.29, 0.717) is 18.8 Å². The number of hydrogen-bond donors (Lipinski definition) is 2. The minimum absolute atomic E-state index is 0.165. The van der Waals surface area contributed by atoms with Crippen LogP contribution in [0.1, 0.15) is 30.4 Å². The molecule has 1 aliphatic heterocycles. The van der Waals surface area contributed by atoms with Gasteiger partial charge >= 0.3 is 0 Å². The maximum Gasteiger partial charge on any atom is 0.191 e. The van der Waals surface area contributed by atoms with Gasteiger partial charge in [0.05, 0.1) is 11.5 Å². The zero-order chi connectivity index (χ0) is 20.5. The molecule has 1 saturated heterocycles. The van der Waals surface area contributed by atoms with E-state index < -0.39 is 9.84 Å². The van der Waals surface area contributed by atoms with Crippen LogP contribution in [0.4, 0.5) is 0 Å². The van der Waals surface area contributed by atoms with Gasteiger partial charge in [-0.25, -0.2) is 8.42 Å². The lowest BCUT2D eigenvalue weighted by molar-refractivity contribution is 0.566. The zero-order valence-electron chi connectivity index (χ0n) is 17.0. The van der Waals surface area contributed by atoms with Gasteiger partial charge in [-0.3, -0.25) is 4.99 Å². The summed E-state index contributed by atoms with van der Waals surface area (Å²) < 4.78 is 23.4. The Morgan fingerprint density at radius 3 is 2.38 bits per heavy atom. The minimum atomic E-state index is -2.85. The fourth-order valence-electron chi connectivity index (χ4n) is 3.73. The Morgan fingerprint density at radius 1 is 1.07 bits per heavy atom. The van der Waals surface area contributed by atoms with Gasteiger partial charge in [0.15, 0.2) is 15.8 Å². The number of rotatable bonds is 8. The van der Waals surface area contributed by atoms with Crippen LogP contribution < -0.4 is 10.6 Å². The highest BCUT2D eigenvalue weighted by atomic mass is 32.2. The molecular weight excluding hydrogens is 382 g/mol. The highest BCUT2D eigenvalue weighted by molar-refractivity contribution is 7.91. The lowest BCUT2D eigenvalue weighted by Gasteiger charge is -2.18. The standard InChI is InChI=1S/C23H31N3O2S/c1-2-24-23(25-16-20-13-14-29(27,28)18-20)26-17-22(21-11-7-4-8-12-21)15-19-9-5-3-6-10-19/h3-12,20,22H,2,13-18H2,1H3,(H2,24,25,26). The largest absolute Gasteiger partial charge is 0.357 e. The molecule has 2 atom stereocenters. The summed E-state index contributed by atoms with van der Waals surface area (Å²) in [6.45, 7) is 4.11. The summed E-state index contributed by atoms with van der Waals surface area (Å²) in [5.41, 5.74) is 2.57. The first-order valence-corrected chi connectivity index (χ1v) is 12.2. The molecule has 0 amide bonds. The van der Waals surface area contributed by atoms with Gasteiger partial charge in [0, 0.05) is 25.6 Å². The fraction of sp³-hybridized carbons (Fsp3) is 0.435. The topological polar surface area (TPSA) is 70.6 Å². The molecule has 6 heteroatoms. The number of sulfone groups is 1. The van der Waals surface area contributed by atoms with E-state index in [1.807, 2.05) is 19.1 Å². The summed E-state index contributed by atoms with van der Waals surface area (Å²) in [5, 5.41) is 6.63. The van der Waals surface area contributed by atoms with Crippen LogP contribution in [0, 0.1) is 5.92 Å². The van der Waals surface area contributed by atoms with Gasteiger partial charge in [0.25, 0.3) is 0 Å². The van der Waals surface area contributed by atoms with Crippen LogP contribution in [-0.4, -0.2) is 45.5 Å². The molecule has 1 heterocycles. The number of guanidine groups is 1. The van der Waals surface area contributed by atoms with Gasteiger partial charge in [-0.2, -0.15) is 0 Å². The number of aliphatic imine (C=N–C) groups is 1. The molecule has 0 aliphatic carbocycles. The Bertz CT molecular complexity index is 883. The first-order valence-electron chi connectivity index (χ1n) is 10.4. The van der Waals surface area contributed by atoms with Gasteiger partial charge in [0.1, 0.15) is 0 Å². The van der Waals surface area contributed by atoms with E-state index in [4.69, 9.17) is 4.99 Å². The average molecular weight is 414 g/mol. The minimum Gasteiger partial charge on any atom is -0.357 e. The molecule has 2 N–H and O–H groups in total. The van der Waals surface area contributed by atoms with Crippen molar-refractivity contribution in [1.82, 2.24) is 10.6 Å². The second-order valence-electron chi connectivity index (χ2n) is 7.67. The number of nitrogens with one attached hydrogen (secondary N) is 2. The molecule has 1 fully saturated rings. The normalized spacial score (nSPS) is 19.6. The second-order valence-corrected chi connectivity index (χ2v) is 9.90. The van der Waals surface area contributed by atoms with E-state index in [0.717, 1.165) is 25.3 Å². The molecule has 5 nitrogen and oxygen atoms in total.